The molecule has 0 saturated heterocycles. The number of benzene rings is 3. The van der Waals surface area contributed by atoms with Crippen molar-refractivity contribution in [3.63, 3.8) is 0 Å². The number of thiocarbonyl (C=S) groups is 1. The minimum atomic E-state index is -0.300. The lowest BCUT2D eigenvalue weighted by molar-refractivity contribution is 0.417. The van der Waals surface area contributed by atoms with Gasteiger partial charge in [0, 0.05) is 22.5 Å². The van der Waals surface area contributed by atoms with Crippen LogP contribution in [-0.2, 0) is 0 Å². The molecule has 0 radical (unpaired) electrons. The van der Waals surface area contributed by atoms with Crippen LogP contribution in [-0.4, -0.2) is 12.2 Å². The smallest absolute Gasteiger partial charge is 0.175 e. The highest BCUT2D eigenvalue weighted by atomic mass is 32.1. The molecule has 130 valence electrons. The Morgan fingerprint density at radius 3 is 2.50 bits per heavy atom. The van der Waals surface area contributed by atoms with Gasteiger partial charge in [-0.25, -0.2) is 4.39 Å². The fraction of sp³-hybridized carbons (Fsp3) is 0.0500. The van der Waals surface area contributed by atoms with E-state index in [-0.39, 0.29) is 5.82 Å². The number of hydrogen-bond donors (Lipinski definition) is 2. The van der Waals surface area contributed by atoms with E-state index >= 15 is 0 Å². The second kappa shape index (κ2) is 6.65. The van der Waals surface area contributed by atoms with Gasteiger partial charge in [-0.1, -0.05) is 18.2 Å². The van der Waals surface area contributed by atoms with Crippen LogP contribution in [0.3, 0.4) is 0 Å². The zero-order chi connectivity index (χ0) is 18.1. The van der Waals surface area contributed by atoms with Crippen molar-refractivity contribution in [2.75, 3.05) is 17.7 Å². The summed E-state index contributed by atoms with van der Waals surface area (Å²) in [5.74, 6) is 0.346. The van der Waals surface area contributed by atoms with Crippen LogP contribution in [0.4, 0.5) is 15.8 Å². The molecule has 0 unspecified atom stereocenters. The van der Waals surface area contributed by atoms with Crippen LogP contribution in [0.1, 0.15) is 0 Å². The van der Waals surface area contributed by atoms with Crippen LogP contribution in [0.2, 0.25) is 0 Å². The highest BCUT2D eigenvalue weighted by Crippen LogP contribution is 2.36. The van der Waals surface area contributed by atoms with E-state index in [0.717, 1.165) is 21.9 Å². The molecule has 2 N–H and O–H groups in total. The molecule has 0 spiro atoms. The number of hydrogen-bond acceptors (Lipinski definition) is 3. The number of nitrogens with one attached hydrogen (secondary N) is 2. The molecule has 0 atom stereocenters. The SMILES string of the molecule is COc1cc2c(cc1NC(=S)Nc1ccc(F)cc1)oc1ccccc12. The van der Waals surface area contributed by atoms with Gasteiger partial charge in [0.25, 0.3) is 0 Å². The predicted octanol–water partition coefficient (Wildman–Crippen LogP) is 5.54. The molecule has 6 heteroatoms. The number of halogens is 1. The highest BCUT2D eigenvalue weighted by Gasteiger charge is 2.13. The Kier molecular flexibility index (Phi) is 4.18. The molecule has 0 aliphatic rings. The summed E-state index contributed by atoms with van der Waals surface area (Å²) in [7, 11) is 1.60. The van der Waals surface area contributed by atoms with Crippen LogP contribution in [0.15, 0.2) is 65.1 Å². The lowest BCUT2D eigenvalue weighted by Gasteiger charge is -2.13. The van der Waals surface area contributed by atoms with Crippen molar-refractivity contribution >= 4 is 50.6 Å². The average Bonchev–Trinajstić information content (AvgIpc) is 3.00. The Morgan fingerprint density at radius 1 is 0.962 bits per heavy atom. The molecular weight excluding hydrogens is 351 g/mol. The summed E-state index contributed by atoms with van der Waals surface area (Å²) in [6.07, 6.45) is 0. The summed E-state index contributed by atoms with van der Waals surface area (Å²) in [6.45, 7) is 0. The van der Waals surface area contributed by atoms with Crippen molar-refractivity contribution in [2.45, 2.75) is 0 Å². The normalized spacial score (nSPS) is 10.8. The molecule has 0 saturated carbocycles. The first-order valence-corrected chi connectivity index (χ1v) is 8.38. The topological polar surface area (TPSA) is 46.4 Å². The molecule has 0 bridgehead atoms. The minimum absolute atomic E-state index is 0.300. The number of anilines is 2. The van der Waals surface area contributed by atoms with Crippen LogP contribution < -0.4 is 15.4 Å². The number of furan rings is 1. The number of fused-ring (bicyclic) bond motifs is 3. The van der Waals surface area contributed by atoms with Gasteiger partial charge in [0.15, 0.2) is 5.11 Å². The third kappa shape index (κ3) is 3.07. The third-order valence-corrected chi connectivity index (χ3v) is 4.25. The first kappa shape index (κ1) is 16.4. The summed E-state index contributed by atoms with van der Waals surface area (Å²) >= 11 is 5.34. The van der Waals surface area contributed by atoms with Crippen LogP contribution in [0.5, 0.6) is 5.75 Å². The molecule has 3 aromatic carbocycles. The molecular formula is C20H15FN2O2S. The van der Waals surface area contributed by atoms with E-state index in [0.29, 0.717) is 22.2 Å². The van der Waals surface area contributed by atoms with Crippen molar-refractivity contribution in [3.8, 4) is 5.75 Å². The number of methoxy groups -OCH3 is 1. The molecule has 1 heterocycles. The van der Waals surface area contributed by atoms with Gasteiger partial charge in [0.05, 0.1) is 12.8 Å². The summed E-state index contributed by atoms with van der Waals surface area (Å²) < 4.78 is 24.4. The largest absolute Gasteiger partial charge is 0.495 e. The minimum Gasteiger partial charge on any atom is -0.495 e. The van der Waals surface area contributed by atoms with Gasteiger partial charge in [0.1, 0.15) is 22.7 Å². The fourth-order valence-corrected chi connectivity index (χ4v) is 3.06. The first-order chi connectivity index (χ1) is 12.6. The molecule has 0 aliphatic heterocycles. The maximum absolute atomic E-state index is 13.0. The quantitative estimate of drug-likeness (QED) is 0.466. The van der Waals surface area contributed by atoms with Crippen molar-refractivity contribution in [3.05, 3.63) is 66.5 Å². The van der Waals surface area contributed by atoms with Gasteiger partial charge in [-0.15, -0.1) is 0 Å². The monoisotopic (exact) mass is 366 g/mol. The molecule has 4 nitrogen and oxygen atoms in total. The summed E-state index contributed by atoms with van der Waals surface area (Å²) in [6, 6.07) is 17.6. The van der Waals surface area contributed by atoms with Crippen molar-refractivity contribution < 1.29 is 13.5 Å². The van der Waals surface area contributed by atoms with Crippen LogP contribution in [0.25, 0.3) is 21.9 Å². The molecule has 4 aromatic rings. The van der Waals surface area contributed by atoms with E-state index in [1.54, 1.807) is 19.2 Å². The van der Waals surface area contributed by atoms with Gasteiger partial charge in [-0.2, -0.15) is 0 Å². The Hall–Kier alpha value is -3.12. The van der Waals surface area contributed by atoms with Gasteiger partial charge in [-0.05, 0) is 48.6 Å². The van der Waals surface area contributed by atoms with Crippen molar-refractivity contribution in [1.82, 2.24) is 0 Å². The molecule has 0 fully saturated rings. The zero-order valence-corrected chi connectivity index (χ0v) is 14.7. The lowest BCUT2D eigenvalue weighted by Crippen LogP contribution is -2.19. The van der Waals surface area contributed by atoms with E-state index in [2.05, 4.69) is 10.6 Å². The fourth-order valence-electron chi connectivity index (χ4n) is 2.84. The standard InChI is InChI=1S/C20H15FN2O2S/c1-24-19-10-15-14-4-2-3-5-17(14)25-18(15)11-16(19)23-20(26)22-13-8-6-12(21)7-9-13/h2-11H,1H3,(H2,22,23,26). The van der Waals surface area contributed by atoms with E-state index in [4.69, 9.17) is 21.4 Å². The molecule has 4 rings (SSSR count). The van der Waals surface area contributed by atoms with Crippen molar-refractivity contribution in [1.29, 1.82) is 0 Å². The summed E-state index contributed by atoms with van der Waals surface area (Å²) in [4.78, 5) is 0. The number of ether oxygens (including phenoxy) is 1. The Labute approximate surface area is 154 Å². The second-order valence-corrected chi connectivity index (χ2v) is 6.14. The Balaban J connectivity index is 1.65. The molecule has 0 aliphatic carbocycles. The predicted molar refractivity (Wildman–Crippen MR) is 107 cm³/mol. The maximum Gasteiger partial charge on any atom is 0.175 e. The van der Waals surface area contributed by atoms with Gasteiger partial charge >= 0.3 is 0 Å². The summed E-state index contributed by atoms with van der Waals surface area (Å²) in [5, 5.41) is 8.48. The number of rotatable bonds is 3. The molecule has 26 heavy (non-hydrogen) atoms. The Bertz CT molecular complexity index is 1110. The zero-order valence-electron chi connectivity index (χ0n) is 13.9. The number of para-hydroxylation sites is 1. The Morgan fingerprint density at radius 2 is 1.73 bits per heavy atom. The lowest BCUT2D eigenvalue weighted by atomic mass is 10.1. The van der Waals surface area contributed by atoms with E-state index in [1.165, 1.54) is 12.1 Å². The van der Waals surface area contributed by atoms with E-state index in [9.17, 15) is 4.39 Å². The average molecular weight is 366 g/mol. The van der Waals surface area contributed by atoms with E-state index < -0.39 is 0 Å². The summed E-state index contributed by atoms with van der Waals surface area (Å²) in [5.41, 5.74) is 2.92. The molecule has 0 amide bonds. The second-order valence-electron chi connectivity index (χ2n) is 5.73. The van der Waals surface area contributed by atoms with Crippen LogP contribution >= 0.6 is 12.2 Å². The first-order valence-electron chi connectivity index (χ1n) is 7.97. The van der Waals surface area contributed by atoms with E-state index in [1.807, 2.05) is 36.4 Å². The van der Waals surface area contributed by atoms with Crippen molar-refractivity contribution in [2.24, 2.45) is 0 Å². The molecule has 1 aromatic heterocycles. The van der Waals surface area contributed by atoms with Gasteiger partial charge in [-0.3, -0.25) is 0 Å². The maximum atomic E-state index is 13.0. The highest BCUT2D eigenvalue weighted by molar-refractivity contribution is 7.80. The van der Waals surface area contributed by atoms with Gasteiger partial charge < -0.3 is 19.8 Å². The van der Waals surface area contributed by atoms with Gasteiger partial charge in [0.2, 0.25) is 0 Å². The third-order valence-electron chi connectivity index (χ3n) is 4.05. The van der Waals surface area contributed by atoms with Crippen LogP contribution in [0, 0.1) is 5.82 Å².